The first kappa shape index (κ1) is 17.1. The van der Waals surface area contributed by atoms with Crippen molar-refractivity contribution in [2.24, 2.45) is 0 Å². The van der Waals surface area contributed by atoms with Crippen LogP contribution in [0.4, 0.5) is 0 Å². The fraction of sp³-hybridized carbons (Fsp3) is 0.200. The number of nitrogens with one attached hydrogen (secondary N) is 1. The number of hydrogen-bond donors (Lipinski definition) is 1. The Balaban J connectivity index is 0.00000200. The van der Waals surface area contributed by atoms with Gasteiger partial charge >= 0.3 is 0 Å². The molecule has 2 aromatic rings. The largest absolute Gasteiger partial charge is 1.00 e. The molecule has 2 rings (SSSR count). The highest BCUT2D eigenvalue weighted by Crippen LogP contribution is 2.22. The van der Waals surface area contributed by atoms with Crippen molar-refractivity contribution >= 4 is 23.2 Å². The number of hydrogen-bond acceptors (Lipinski definition) is 2. The zero-order valence-corrected chi connectivity index (χ0v) is 13.3. The lowest BCUT2D eigenvalue weighted by atomic mass is 10.2. The van der Waals surface area contributed by atoms with Gasteiger partial charge in [0.05, 0.1) is 17.2 Å². The summed E-state index contributed by atoms with van der Waals surface area (Å²) in [6.45, 7) is 1.55. The molecule has 0 aromatic heterocycles. The molecule has 20 heavy (non-hydrogen) atoms. The highest BCUT2D eigenvalue weighted by Gasteiger charge is 2.00. The van der Waals surface area contributed by atoms with Gasteiger partial charge in [0.1, 0.15) is 5.75 Å². The van der Waals surface area contributed by atoms with Crippen LogP contribution in [0, 0.1) is 0 Å². The van der Waals surface area contributed by atoms with Crippen LogP contribution in [0.3, 0.4) is 0 Å². The van der Waals surface area contributed by atoms with Crippen molar-refractivity contribution in [3.05, 3.63) is 63.6 Å². The van der Waals surface area contributed by atoms with E-state index in [1.54, 1.807) is 7.11 Å². The van der Waals surface area contributed by atoms with E-state index in [4.69, 9.17) is 27.9 Å². The van der Waals surface area contributed by atoms with Crippen molar-refractivity contribution in [1.29, 1.82) is 0 Å². The van der Waals surface area contributed by atoms with Crippen LogP contribution < -0.4 is 22.5 Å². The first-order valence-electron chi connectivity index (χ1n) is 5.96. The van der Waals surface area contributed by atoms with Gasteiger partial charge in [0.25, 0.3) is 0 Å². The zero-order valence-electron chi connectivity index (χ0n) is 11.0. The van der Waals surface area contributed by atoms with Gasteiger partial charge in [-0.3, -0.25) is 0 Å². The molecule has 0 heterocycles. The molecule has 108 valence electrons. The SMILES string of the molecule is COc1ccc(CNCc2ccc(Cl)c(Cl)c2)cc1.[Cl-]. The molecule has 0 aliphatic heterocycles. The zero-order chi connectivity index (χ0) is 13.7. The van der Waals surface area contributed by atoms with Crippen LogP contribution in [0.1, 0.15) is 11.1 Å². The maximum Gasteiger partial charge on any atom is 0.118 e. The van der Waals surface area contributed by atoms with Gasteiger partial charge in [-0.15, -0.1) is 0 Å². The lowest BCUT2D eigenvalue weighted by Gasteiger charge is -2.07. The van der Waals surface area contributed by atoms with E-state index in [2.05, 4.69) is 5.32 Å². The third kappa shape index (κ3) is 4.88. The molecule has 0 saturated heterocycles. The third-order valence-corrected chi connectivity index (χ3v) is 3.54. The molecule has 0 fully saturated rings. The summed E-state index contributed by atoms with van der Waals surface area (Å²) >= 11 is 11.8. The fourth-order valence-corrected chi connectivity index (χ4v) is 2.06. The topological polar surface area (TPSA) is 21.3 Å². The van der Waals surface area contributed by atoms with Crippen molar-refractivity contribution in [3.63, 3.8) is 0 Å². The van der Waals surface area contributed by atoms with Crippen LogP contribution in [-0.2, 0) is 13.1 Å². The van der Waals surface area contributed by atoms with E-state index in [9.17, 15) is 0 Å². The van der Waals surface area contributed by atoms with Gasteiger partial charge in [0.2, 0.25) is 0 Å². The van der Waals surface area contributed by atoms with Crippen molar-refractivity contribution in [2.75, 3.05) is 7.11 Å². The number of halogens is 3. The molecule has 0 unspecified atom stereocenters. The minimum atomic E-state index is 0. The van der Waals surface area contributed by atoms with Crippen molar-refractivity contribution in [2.45, 2.75) is 13.1 Å². The van der Waals surface area contributed by atoms with E-state index in [0.29, 0.717) is 10.0 Å². The number of benzene rings is 2. The highest BCUT2D eigenvalue weighted by molar-refractivity contribution is 6.42. The van der Waals surface area contributed by atoms with Crippen LogP contribution in [0.2, 0.25) is 10.0 Å². The molecular formula is C15H15Cl3NO-. The molecule has 2 nitrogen and oxygen atoms in total. The molecule has 0 saturated carbocycles. The molecule has 0 aliphatic rings. The summed E-state index contributed by atoms with van der Waals surface area (Å²) in [6.07, 6.45) is 0. The fourth-order valence-electron chi connectivity index (χ4n) is 1.74. The van der Waals surface area contributed by atoms with Crippen molar-refractivity contribution < 1.29 is 17.1 Å². The van der Waals surface area contributed by atoms with E-state index in [1.807, 2.05) is 42.5 Å². The molecule has 0 bridgehead atoms. The van der Waals surface area contributed by atoms with E-state index in [1.165, 1.54) is 5.56 Å². The molecular weight excluding hydrogens is 317 g/mol. The molecule has 0 atom stereocenters. The summed E-state index contributed by atoms with van der Waals surface area (Å²) in [4.78, 5) is 0. The van der Waals surface area contributed by atoms with Crippen molar-refractivity contribution in [3.8, 4) is 5.75 Å². The molecule has 0 radical (unpaired) electrons. The smallest absolute Gasteiger partial charge is 0.118 e. The predicted molar refractivity (Wildman–Crippen MR) is 80.0 cm³/mol. The summed E-state index contributed by atoms with van der Waals surface area (Å²) in [5, 5.41) is 4.53. The Morgan fingerprint density at radius 2 is 1.50 bits per heavy atom. The Morgan fingerprint density at radius 3 is 2.10 bits per heavy atom. The van der Waals surface area contributed by atoms with E-state index in [-0.39, 0.29) is 12.4 Å². The average molecular weight is 332 g/mol. The lowest BCUT2D eigenvalue weighted by Crippen LogP contribution is -3.00. The van der Waals surface area contributed by atoms with Crippen LogP contribution in [-0.4, -0.2) is 7.11 Å². The van der Waals surface area contributed by atoms with Gasteiger partial charge < -0.3 is 22.5 Å². The maximum absolute atomic E-state index is 5.97. The van der Waals surface area contributed by atoms with Crippen LogP contribution in [0.5, 0.6) is 5.75 Å². The van der Waals surface area contributed by atoms with E-state index in [0.717, 1.165) is 24.4 Å². The van der Waals surface area contributed by atoms with Gasteiger partial charge in [-0.1, -0.05) is 41.4 Å². The van der Waals surface area contributed by atoms with Gasteiger partial charge in [-0.05, 0) is 35.4 Å². The summed E-state index contributed by atoms with van der Waals surface area (Å²) in [6, 6.07) is 13.7. The molecule has 0 spiro atoms. The normalized spacial score (nSPS) is 9.95. The van der Waals surface area contributed by atoms with Crippen LogP contribution in [0.15, 0.2) is 42.5 Å². The summed E-state index contributed by atoms with van der Waals surface area (Å²) in [5.74, 6) is 0.869. The first-order valence-corrected chi connectivity index (χ1v) is 6.72. The number of ether oxygens (including phenoxy) is 1. The Labute approximate surface area is 135 Å². The molecule has 0 amide bonds. The van der Waals surface area contributed by atoms with E-state index >= 15 is 0 Å². The molecule has 5 heteroatoms. The van der Waals surface area contributed by atoms with Gasteiger partial charge in [0.15, 0.2) is 0 Å². The minimum Gasteiger partial charge on any atom is -1.00 e. The number of methoxy groups -OCH3 is 1. The summed E-state index contributed by atoms with van der Waals surface area (Å²) < 4.78 is 5.12. The van der Waals surface area contributed by atoms with Crippen LogP contribution in [0.25, 0.3) is 0 Å². The first-order chi connectivity index (χ1) is 9.19. The quantitative estimate of drug-likeness (QED) is 0.892. The second-order valence-electron chi connectivity index (χ2n) is 4.20. The lowest BCUT2D eigenvalue weighted by molar-refractivity contribution is -0.00000401. The second-order valence-corrected chi connectivity index (χ2v) is 5.01. The third-order valence-electron chi connectivity index (χ3n) is 2.80. The van der Waals surface area contributed by atoms with Crippen molar-refractivity contribution in [1.82, 2.24) is 5.32 Å². The minimum absolute atomic E-state index is 0. The second kappa shape index (κ2) is 8.38. The molecule has 0 aliphatic carbocycles. The van der Waals surface area contributed by atoms with Gasteiger partial charge in [-0.25, -0.2) is 0 Å². The maximum atomic E-state index is 5.97. The van der Waals surface area contributed by atoms with E-state index < -0.39 is 0 Å². The predicted octanol–water partition coefficient (Wildman–Crippen LogP) is 1.30. The van der Waals surface area contributed by atoms with Gasteiger partial charge in [0, 0.05) is 13.1 Å². The summed E-state index contributed by atoms with van der Waals surface area (Å²) in [5.41, 5.74) is 2.32. The standard InChI is InChI=1S/C15H15Cl2NO.ClH/c1-19-13-5-2-11(3-6-13)9-18-10-12-4-7-14(16)15(17)8-12;/h2-8,18H,9-10H2,1H3;1H/p-1. The van der Waals surface area contributed by atoms with Crippen LogP contribution >= 0.6 is 23.2 Å². The Morgan fingerprint density at radius 1 is 0.900 bits per heavy atom. The average Bonchev–Trinajstić information content (AvgIpc) is 2.43. The summed E-state index contributed by atoms with van der Waals surface area (Å²) in [7, 11) is 1.66. The Kier molecular flexibility index (Phi) is 7.17. The number of rotatable bonds is 5. The highest BCUT2D eigenvalue weighted by atomic mass is 35.5. The monoisotopic (exact) mass is 330 g/mol. The molecule has 2 aromatic carbocycles. The van der Waals surface area contributed by atoms with Gasteiger partial charge in [-0.2, -0.15) is 0 Å². The molecule has 1 N–H and O–H groups in total. The Hall–Kier alpha value is -0.930. The Bertz CT molecular complexity index is 543.